The third-order valence-corrected chi connectivity index (χ3v) is 5.07. The van der Waals surface area contributed by atoms with Crippen molar-refractivity contribution >= 4 is 29.3 Å². The van der Waals surface area contributed by atoms with Crippen LogP contribution >= 0.6 is 12.4 Å². The zero-order valence-corrected chi connectivity index (χ0v) is 16.0. The van der Waals surface area contributed by atoms with E-state index in [2.05, 4.69) is 20.6 Å². The molecule has 1 saturated carbocycles. The number of aryl methyl sites for hydroxylation is 1. The second-order valence-electron chi connectivity index (χ2n) is 7.21. The Bertz CT molecular complexity index is 975. The van der Waals surface area contributed by atoms with E-state index in [1.54, 1.807) is 6.07 Å². The maximum atomic E-state index is 12.8. The Hall–Kier alpha value is -2.19. The quantitative estimate of drug-likeness (QED) is 0.670. The molecule has 2 aliphatic rings. The number of hydrogen-bond donors (Lipinski definition) is 3. The Morgan fingerprint density at radius 3 is 2.67 bits per heavy atom. The number of aromatic amines is 1. The van der Waals surface area contributed by atoms with Crippen LogP contribution in [0, 0.1) is 5.92 Å². The molecule has 1 aliphatic heterocycles. The fraction of sp³-hybridized carbons (Fsp3) is 0.556. The molecule has 9 heteroatoms. The number of nitrogens with one attached hydrogen (secondary N) is 3. The van der Waals surface area contributed by atoms with Crippen molar-refractivity contribution in [1.82, 2.24) is 25.2 Å². The summed E-state index contributed by atoms with van der Waals surface area (Å²) in [5.41, 5.74) is 0.401. The molecule has 146 valence electrons. The molecule has 27 heavy (non-hydrogen) atoms. The smallest absolute Gasteiger partial charge is 0.329 e. The van der Waals surface area contributed by atoms with Crippen LogP contribution in [0.5, 0.6) is 0 Å². The molecule has 2 fully saturated rings. The maximum Gasteiger partial charge on any atom is 0.329 e. The normalized spacial score (nSPS) is 16.6. The van der Waals surface area contributed by atoms with Crippen LogP contribution in [0.2, 0.25) is 0 Å². The van der Waals surface area contributed by atoms with Gasteiger partial charge in [-0.1, -0.05) is 6.92 Å². The summed E-state index contributed by atoms with van der Waals surface area (Å²) in [4.78, 5) is 44.5. The van der Waals surface area contributed by atoms with E-state index in [1.807, 2.05) is 6.92 Å². The molecule has 0 spiro atoms. The Morgan fingerprint density at radius 2 is 2.07 bits per heavy atom. The Morgan fingerprint density at radius 1 is 1.33 bits per heavy atom. The van der Waals surface area contributed by atoms with Gasteiger partial charge in [-0.15, -0.1) is 12.4 Å². The van der Waals surface area contributed by atoms with Crippen molar-refractivity contribution < 1.29 is 4.79 Å². The summed E-state index contributed by atoms with van der Waals surface area (Å²) in [6, 6.07) is 1.73. The number of fused-ring (bicyclic) bond motifs is 1. The van der Waals surface area contributed by atoms with Gasteiger partial charge in [0.2, 0.25) is 0 Å². The maximum absolute atomic E-state index is 12.8. The molecule has 3 N–H and O–H groups in total. The summed E-state index contributed by atoms with van der Waals surface area (Å²) in [5.74, 6) is 0.455. The van der Waals surface area contributed by atoms with Crippen LogP contribution in [-0.4, -0.2) is 40.1 Å². The molecule has 0 unspecified atom stereocenters. The van der Waals surface area contributed by atoms with Gasteiger partial charge in [0.1, 0.15) is 0 Å². The number of amides is 1. The molecule has 2 aromatic rings. The van der Waals surface area contributed by atoms with Gasteiger partial charge in [0, 0.05) is 43.7 Å². The lowest BCUT2D eigenvalue weighted by atomic mass is 10.0. The first kappa shape index (κ1) is 19.6. The van der Waals surface area contributed by atoms with Gasteiger partial charge in [-0.2, -0.15) is 0 Å². The first-order valence-corrected chi connectivity index (χ1v) is 9.25. The second-order valence-corrected chi connectivity index (χ2v) is 7.21. The molecule has 8 nitrogen and oxygen atoms in total. The highest BCUT2D eigenvalue weighted by atomic mass is 35.5. The third kappa shape index (κ3) is 3.77. The summed E-state index contributed by atoms with van der Waals surface area (Å²) in [6.07, 6.45) is 2.77. The summed E-state index contributed by atoms with van der Waals surface area (Å²) >= 11 is 0. The molecule has 1 amide bonds. The Labute approximate surface area is 162 Å². The van der Waals surface area contributed by atoms with Crippen molar-refractivity contribution in [3.63, 3.8) is 0 Å². The Balaban J connectivity index is 0.00000210. The summed E-state index contributed by atoms with van der Waals surface area (Å²) < 4.78 is 1.47. The van der Waals surface area contributed by atoms with Crippen LogP contribution in [0.25, 0.3) is 11.0 Å². The van der Waals surface area contributed by atoms with E-state index >= 15 is 0 Å². The van der Waals surface area contributed by atoms with Crippen LogP contribution in [0.15, 0.2) is 15.7 Å². The van der Waals surface area contributed by atoms with Gasteiger partial charge < -0.3 is 10.6 Å². The zero-order valence-electron chi connectivity index (χ0n) is 15.2. The number of H-pyrrole nitrogens is 1. The molecule has 3 heterocycles. The summed E-state index contributed by atoms with van der Waals surface area (Å²) in [6.45, 7) is 4.75. The van der Waals surface area contributed by atoms with Gasteiger partial charge >= 0.3 is 5.69 Å². The lowest BCUT2D eigenvalue weighted by Gasteiger charge is -2.27. The average molecular weight is 394 g/mol. The average Bonchev–Trinajstić information content (AvgIpc) is 3.41. The van der Waals surface area contributed by atoms with Crippen molar-refractivity contribution in [2.75, 3.05) is 19.6 Å². The standard InChI is InChI=1S/C18H23N5O3.ClH/c1-2-5-23-15-14(17(25)22-18(23)26)12(6-13(21-15)11-3-4-11)16(24)20-9-10-7-19-8-10;/h6,10-11,19H,2-5,7-9H2,1H3,(H,20,24)(H,22,25,26);1H. The monoisotopic (exact) mass is 393 g/mol. The predicted molar refractivity (Wildman–Crippen MR) is 105 cm³/mol. The van der Waals surface area contributed by atoms with Crippen molar-refractivity contribution in [3.8, 4) is 0 Å². The molecule has 1 aliphatic carbocycles. The van der Waals surface area contributed by atoms with Gasteiger partial charge in [0.15, 0.2) is 5.65 Å². The van der Waals surface area contributed by atoms with Crippen LogP contribution < -0.4 is 21.9 Å². The van der Waals surface area contributed by atoms with Crippen molar-refractivity contribution in [1.29, 1.82) is 0 Å². The molecular weight excluding hydrogens is 370 g/mol. The Kier molecular flexibility index (Phi) is 5.67. The summed E-state index contributed by atoms with van der Waals surface area (Å²) in [7, 11) is 0. The van der Waals surface area contributed by atoms with Crippen LogP contribution in [0.4, 0.5) is 0 Å². The number of aromatic nitrogens is 3. The molecule has 0 radical (unpaired) electrons. The minimum atomic E-state index is -0.553. The highest BCUT2D eigenvalue weighted by molar-refractivity contribution is 6.05. The topological polar surface area (TPSA) is 109 Å². The number of pyridine rings is 1. The first-order chi connectivity index (χ1) is 12.6. The number of carbonyl (C=O) groups excluding carboxylic acids is 1. The fourth-order valence-electron chi connectivity index (χ4n) is 3.32. The van der Waals surface area contributed by atoms with Gasteiger partial charge in [-0.25, -0.2) is 9.78 Å². The van der Waals surface area contributed by atoms with Gasteiger partial charge in [-0.3, -0.25) is 19.1 Å². The van der Waals surface area contributed by atoms with Gasteiger partial charge in [0.05, 0.1) is 10.9 Å². The second kappa shape index (κ2) is 7.82. The highest BCUT2D eigenvalue weighted by Gasteiger charge is 2.29. The van der Waals surface area contributed by atoms with E-state index in [0.29, 0.717) is 36.1 Å². The van der Waals surface area contributed by atoms with Crippen molar-refractivity contribution in [2.45, 2.75) is 38.6 Å². The van der Waals surface area contributed by atoms with E-state index in [-0.39, 0.29) is 23.7 Å². The number of nitrogens with zero attached hydrogens (tertiary/aromatic N) is 2. The van der Waals surface area contributed by atoms with E-state index in [0.717, 1.165) is 38.0 Å². The lowest BCUT2D eigenvalue weighted by molar-refractivity contribution is 0.0943. The zero-order chi connectivity index (χ0) is 18.3. The number of halogens is 1. The van der Waals surface area contributed by atoms with Crippen LogP contribution in [0.3, 0.4) is 0 Å². The number of carbonyl (C=O) groups is 1. The van der Waals surface area contributed by atoms with Crippen molar-refractivity contribution in [2.24, 2.45) is 5.92 Å². The molecule has 4 rings (SSSR count). The molecule has 2 aromatic heterocycles. The first-order valence-electron chi connectivity index (χ1n) is 9.25. The third-order valence-electron chi connectivity index (χ3n) is 5.07. The SMILES string of the molecule is CCCn1c(=O)[nH]c(=O)c2c(C(=O)NCC3CNC3)cc(C3CC3)nc21.Cl. The lowest BCUT2D eigenvalue weighted by Crippen LogP contribution is -2.48. The predicted octanol–water partition coefficient (Wildman–Crippen LogP) is 0.743. The van der Waals surface area contributed by atoms with Crippen LogP contribution in [-0.2, 0) is 6.54 Å². The fourth-order valence-corrected chi connectivity index (χ4v) is 3.32. The number of hydrogen-bond acceptors (Lipinski definition) is 5. The minimum Gasteiger partial charge on any atom is -0.352 e. The van der Waals surface area contributed by atoms with Gasteiger partial charge in [0.25, 0.3) is 11.5 Å². The van der Waals surface area contributed by atoms with E-state index in [1.165, 1.54) is 4.57 Å². The van der Waals surface area contributed by atoms with Crippen molar-refractivity contribution in [3.05, 3.63) is 38.2 Å². The van der Waals surface area contributed by atoms with E-state index in [9.17, 15) is 14.4 Å². The molecule has 0 aromatic carbocycles. The molecular formula is C18H24ClN5O3. The molecule has 0 bridgehead atoms. The molecule has 0 atom stereocenters. The largest absolute Gasteiger partial charge is 0.352 e. The van der Waals surface area contributed by atoms with Gasteiger partial charge in [-0.05, 0) is 25.3 Å². The van der Waals surface area contributed by atoms with E-state index < -0.39 is 11.2 Å². The summed E-state index contributed by atoms with van der Waals surface area (Å²) in [5, 5.41) is 6.30. The minimum absolute atomic E-state index is 0. The number of rotatable bonds is 6. The molecule has 1 saturated heterocycles. The van der Waals surface area contributed by atoms with Crippen LogP contribution in [0.1, 0.15) is 48.2 Å². The van der Waals surface area contributed by atoms with E-state index in [4.69, 9.17) is 0 Å². The highest BCUT2D eigenvalue weighted by Crippen LogP contribution is 2.39.